The van der Waals surface area contributed by atoms with Gasteiger partial charge in [-0.1, -0.05) is 18.3 Å². The van der Waals surface area contributed by atoms with Gasteiger partial charge in [-0.05, 0) is 19.0 Å². The minimum Gasteiger partial charge on any atom is -0.316 e. The van der Waals surface area contributed by atoms with Crippen molar-refractivity contribution in [1.82, 2.24) is 15.5 Å². The molecule has 1 aliphatic rings. The first-order valence-electron chi connectivity index (χ1n) is 5.21. The summed E-state index contributed by atoms with van der Waals surface area (Å²) in [5.74, 6) is -0.0545. The second kappa shape index (κ2) is 5.01. The van der Waals surface area contributed by atoms with Crippen LogP contribution in [-0.2, 0) is 4.79 Å². The summed E-state index contributed by atoms with van der Waals surface area (Å²) < 4.78 is 24.5. The highest BCUT2D eigenvalue weighted by Gasteiger charge is 2.29. The Bertz CT molecular complexity index is 407. The molecule has 1 atom stereocenters. The van der Waals surface area contributed by atoms with Gasteiger partial charge in [0.05, 0.1) is 0 Å². The molecule has 1 amide bonds. The quantitative estimate of drug-likeness (QED) is 0.857. The van der Waals surface area contributed by atoms with E-state index < -0.39 is 6.43 Å². The smallest absolute Gasteiger partial charge is 0.291 e. The van der Waals surface area contributed by atoms with Gasteiger partial charge in [0.2, 0.25) is 11.0 Å². The summed E-state index contributed by atoms with van der Waals surface area (Å²) in [5, 5.41) is 12.1. The summed E-state index contributed by atoms with van der Waals surface area (Å²) >= 11 is 0.704. The fourth-order valence-corrected chi connectivity index (χ4v) is 2.07. The summed E-state index contributed by atoms with van der Waals surface area (Å²) in [6, 6.07) is 0. The summed E-state index contributed by atoms with van der Waals surface area (Å²) in [4.78, 5) is 11.7. The van der Waals surface area contributed by atoms with Crippen LogP contribution in [0.4, 0.5) is 13.9 Å². The van der Waals surface area contributed by atoms with E-state index in [1.165, 1.54) is 0 Å². The minimum atomic E-state index is -2.65. The third-order valence-corrected chi connectivity index (χ3v) is 3.64. The zero-order valence-corrected chi connectivity index (χ0v) is 9.93. The number of hydrogen-bond donors (Lipinski definition) is 2. The Kier molecular flexibility index (Phi) is 3.63. The van der Waals surface area contributed by atoms with E-state index in [2.05, 4.69) is 20.8 Å². The van der Waals surface area contributed by atoms with Crippen LogP contribution in [0.2, 0.25) is 0 Å². The Morgan fingerprint density at radius 3 is 2.71 bits per heavy atom. The molecule has 1 unspecified atom stereocenters. The Balaban J connectivity index is 1.92. The number of amides is 1. The summed E-state index contributed by atoms with van der Waals surface area (Å²) in [6.07, 6.45) is -2.65. The van der Waals surface area contributed by atoms with Crippen molar-refractivity contribution in [2.24, 2.45) is 11.8 Å². The molecule has 2 heterocycles. The van der Waals surface area contributed by atoms with Crippen LogP contribution >= 0.6 is 11.3 Å². The predicted molar refractivity (Wildman–Crippen MR) is 59.0 cm³/mol. The molecule has 0 radical (unpaired) electrons. The van der Waals surface area contributed by atoms with Gasteiger partial charge in [-0.15, -0.1) is 10.2 Å². The maximum atomic E-state index is 12.3. The van der Waals surface area contributed by atoms with E-state index in [9.17, 15) is 13.6 Å². The molecule has 17 heavy (non-hydrogen) atoms. The van der Waals surface area contributed by atoms with Crippen molar-refractivity contribution in [3.8, 4) is 0 Å². The SMILES string of the molecule is CC(C(=O)Nc1nnc(C(F)F)s1)C1CNC1. The molecule has 0 aliphatic carbocycles. The van der Waals surface area contributed by atoms with Gasteiger partial charge < -0.3 is 10.6 Å². The maximum absolute atomic E-state index is 12.3. The molecule has 2 N–H and O–H groups in total. The van der Waals surface area contributed by atoms with Crippen molar-refractivity contribution < 1.29 is 13.6 Å². The van der Waals surface area contributed by atoms with Crippen LogP contribution < -0.4 is 10.6 Å². The fraction of sp³-hybridized carbons (Fsp3) is 0.667. The average molecular weight is 262 g/mol. The van der Waals surface area contributed by atoms with E-state index in [4.69, 9.17) is 0 Å². The predicted octanol–water partition coefficient (Wildman–Crippen LogP) is 1.27. The second-order valence-corrected chi connectivity index (χ2v) is 4.95. The van der Waals surface area contributed by atoms with Gasteiger partial charge >= 0.3 is 0 Å². The molecule has 0 spiro atoms. The van der Waals surface area contributed by atoms with Crippen LogP contribution in [0.5, 0.6) is 0 Å². The highest BCUT2D eigenvalue weighted by atomic mass is 32.1. The van der Waals surface area contributed by atoms with Crippen LogP contribution in [0.3, 0.4) is 0 Å². The number of alkyl halides is 2. The van der Waals surface area contributed by atoms with Gasteiger partial charge in [0.1, 0.15) is 0 Å². The molecule has 1 aliphatic heterocycles. The maximum Gasteiger partial charge on any atom is 0.291 e. The van der Waals surface area contributed by atoms with Crippen molar-refractivity contribution in [3.63, 3.8) is 0 Å². The lowest BCUT2D eigenvalue weighted by Crippen LogP contribution is -2.48. The van der Waals surface area contributed by atoms with E-state index >= 15 is 0 Å². The van der Waals surface area contributed by atoms with Gasteiger partial charge in [0, 0.05) is 5.92 Å². The molecule has 1 fully saturated rings. The third-order valence-electron chi connectivity index (χ3n) is 2.79. The van der Waals surface area contributed by atoms with Crippen molar-refractivity contribution in [1.29, 1.82) is 0 Å². The summed E-state index contributed by atoms with van der Waals surface area (Å²) in [5.41, 5.74) is 0. The lowest BCUT2D eigenvalue weighted by molar-refractivity contribution is -0.121. The van der Waals surface area contributed by atoms with Gasteiger partial charge in [-0.25, -0.2) is 8.78 Å². The molecule has 1 aromatic rings. The topological polar surface area (TPSA) is 66.9 Å². The highest BCUT2D eigenvalue weighted by Crippen LogP contribution is 2.26. The monoisotopic (exact) mass is 262 g/mol. The van der Waals surface area contributed by atoms with Crippen molar-refractivity contribution >= 4 is 22.4 Å². The van der Waals surface area contributed by atoms with Gasteiger partial charge in [-0.3, -0.25) is 4.79 Å². The Morgan fingerprint density at radius 1 is 1.53 bits per heavy atom. The number of nitrogens with zero attached hydrogens (tertiary/aromatic N) is 2. The van der Waals surface area contributed by atoms with Crippen LogP contribution in [0.15, 0.2) is 0 Å². The van der Waals surface area contributed by atoms with E-state index in [-0.39, 0.29) is 22.0 Å². The number of aromatic nitrogens is 2. The van der Waals surface area contributed by atoms with Crippen molar-refractivity contribution in [2.45, 2.75) is 13.3 Å². The van der Waals surface area contributed by atoms with E-state index in [0.717, 1.165) is 13.1 Å². The molecule has 0 aromatic carbocycles. The highest BCUT2D eigenvalue weighted by molar-refractivity contribution is 7.15. The number of carbonyl (C=O) groups is 1. The first kappa shape index (κ1) is 12.3. The number of carbonyl (C=O) groups excluding carboxylic acids is 1. The van der Waals surface area contributed by atoms with E-state index in [1.807, 2.05) is 6.92 Å². The zero-order valence-electron chi connectivity index (χ0n) is 9.11. The molecular formula is C9H12F2N4OS. The largest absolute Gasteiger partial charge is 0.316 e. The van der Waals surface area contributed by atoms with Crippen LogP contribution in [-0.4, -0.2) is 29.2 Å². The second-order valence-electron chi connectivity index (χ2n) is 3.94. The van der Waals surface area contributed by atoms with Crippen LogP contribution in [0.1, 0.15) is 18.4 Å². The van der Waals surface area contributed by atoms with E-state index in [1.54, 1.807) is 0 Å². The molecule has 94 valence electrons. The van der Waals surface area contributed by atoms with Crippen molar-refractivity contribution in [3.05, 3.63) is 5.01 Å². The Hall–Kier alpha value is -1.15. The molecule has 0 saturated carbocycles. The van der Waals surface area contributed by atoms with Gasteiger partial charge in [0.25, 0.3) is 6.43 Å². The normalized spacial score (nSPS) is 17.9. The van der Waals surface area contributed by atoms with Gasteiger partial charge in [-0.2, -0.15) is 0 Å². The molecule has 2 rings (SSSR count). The lowest BCUT2D eigenvalue weighted by atomic mass is 9.88. The fourth-order valence-electron chi connectivity index (χ4n) is 1.47. The first-order chi connectivity index (χ1) is 8.08. The van der Waals surface area contributed by atoms with Crippen molar-refractivity contribution in [2.75, 3.05) is 18.4 Å². The molecule has 0 bridgehead atoms. The minimum absolute atomic E-state index is 0.129. The Labute approximate surface area is 101 Å². The van der Waals surface area contributed by atoms with Gasteiger partial charge in [0.15, 0.2) is 5.01 Å². The van der Waals surface area contributed by atoms with E-state index in [0.29, 0.717) is 17.3 Å². The van der Waals surface area contributed by atoms with Crippen LogP contribution in [0, 0.1) is 11.8 Å². The first-order valence-corrected chi connectivity index (χ1v) is 6.02. The standard InChI is InChI=1S/C9H12F2N4OS/c1-4(5-2-12-3-5)7(16)13-9-15-14-8(17-9)6(10)11/h4-6,12H,2-3H2,1H3,(H,13,15,16). The molecule has 1 aromatic heterocycles. The lowest BCUT2D eigenvalue weighted by Gasteiger charge is -2.31. The number of nitrogens with one attached hydrogen (secondary N) is 2. The molecule has 5 nitrogen and oxygen atoms in total. The number of hydrogen-bond acceptors (Lipinski definition) is 5. The average Bonchev–Trinajstić information content (AvgIpc) is 2.63. The van der Waals surface area contributed by atoms with Crippen LogP contribution in [0.25, 0.3) is 0 Å². The Morgan fingerprint density at radius 2 is 2.24 bits per heavy atom. The summed E-state index contributed by atoms with van der Waals surface area (Å²) in [6.45, 7) is 3.44. The molecule has 8 heteroatoms. The molecular weight excluding hydrogens is 250 g/mol. The summed E-state index contributed by atoms with van der Waals surface area (Å²) in [7, 11) is 0. The molecule has 1 saturated heterocycles. The number of anilines is 1. The third kappa shape index (κ3) is 2.75. The zero-order chi connectivity index (χ0) is 12.4. The number of rotatable bonds is 4. The number of halogens is 2.